The average Bonchev–Trinajstić information content (AvgIpc) is 2.85. The number of nitrogens with one attached hydrogen (secondary N) is 1. The van der Waals surface area contributed by atoms with Crippen LogP contribution in [0.2, 0.25) is 0 Å². The number of thioether (sulfide) groups is 1. The number of piperidine rings is 1. The summed E-state index contributed by atoms with van der Waals surface area (Å²) >= 11 is 1.77. The van der Waals surface area contributed by atoms with Gasteiger partial charge >= 0.3 is 0 Å². The number of rotatable bonds is 7. The van der Waals surface area contributed by atoms with Gasteiger partial charge in [0.15, 0.2) is 0 Å². The molecule has 1 heterocycles. The zero-order valence-electron chi connectivity index (χ0n) is 18.7. The number of likely N-dealkylation sites (tertiary alicyclic amines) is 1. The molecule has 1 amide bonds. The van der Waals surface area contributed by atoms with Crippen molar-refractivity contribution in [2.75, 3.05) is 31.8 Å². The molecule has 166 valence electrons. The van der Waals surface area contributed by atoms with Crippen molar-refractivity contribution in [3.63, 3.8) is 0 Å². The summed E-state index contributed by atoms with van der Waals surface area (Å²) in [4.78, 5) is 16.7. The first kappa shape index (κ1) is 22.4. The van der Waals surface area contributed by atoms with Crippen molar-refractivity contribution < 1.29 is 9.53 Å². The summed E-state index contributed by atoms with van der Waals surface area (Å²) in [5.41, 5.74) is 4.31. The number of ether oxygens (including phenoxy) is 1. The maximum absolute atomic E-state index is 12.9. The molecule has 0 saturated carbocycles. The van der Waals surface area contributed by atoms with Crippen molar-refractivity contribution in [2.45, 2.75) is 24.3 Å². The van der Waals surface area contributed by atoms with E-state index < -0.39 is 0 Å². The number of nitrogens with zero attached hydrogens (tertiary/aromatic N) is 1. The lowest BCUT2D eigenvalue weighted by Crippen LogP contribution is -2.37. The largest absolute Gasteiger partial charge is 0.497 e. The lowest BCUT2D eigenvalue weighted by atomic mass is 9.95. The van der Waals surface area contributed by atoms with Gasteiger partial charge in [-0.1, -0.05) is 36.4 Å². The molecule has 0 spiro atoms. The van der Waals surface area contributed by atoms with Crippen molar-refractivity contribution in [3.05, 3.63) is 78.4 Å². The molecule has 3 aromatic carbocycles. The van der Waals surface area contributed by atoms with Crippen molar-refractivity contribution in [3.8, 4) is 16.9 Å². The summed E-state index contributed by atoms with van der Waals surface area (Å²) < 4.78 is 5.33. The number of hydrogen-bond acceptors (Lipinski definition) is 4. The van der Waals surface area contributed by atoms with Crippen LogP contribution in [0, 0.1) is 5.92 Å². The minimum absolute atomic E-state index is 0.0595. The maximum atomic E-state index is 12.9. The van der Waals surface area contributed by atoms with Crippen molar-refractivity contribution in [1.82, 2.24) is 4.90 Å². The molecule has 0 unspecified atom stereocenters. The summed E-state index contributed by atoms with van der Waals surface area (Å²) in [6, 6.07) is 24.7. The maximum Gasteiger partial charge on any atom is 0.227 e. The number of anilines is 1. The minimum Gasteiger partial charge on any atom is -0.497 e. The molecule has 0 bridgehead atoms. The first-order chi connectivity index (χ1) is 15.6. The molecular formula is C27H30N2O2S. The molecule has 0 atom stereocenters. The quantitative estimate of drug-likeness (QED) is 0.457. The van der Waals surface area contributed by atoms with Gasteiger partial charge in [-0.15, -0.1) is 11.8 Å². The van der Waals surface area contributed by atoms with Gasteiger partial charge in [-0.05, 0) is 85.3 Å². The molecular weight excluding hydrogens is 416 g/mol. The smallest absolute Gasteiger partial charge is 0.227 e. The number of methoxy groups -OCH3 is 1. The first-order valence-electron chi connectivity index (χ1n) is 11.1. The van der Waals surface area contributed by atoms with Crippen molar-refractivity contribution >= 4 is 23.4 Å². The summed E-state index contributed by atoms with van der Waals surface area (Å²) in [5.74, 6) is 1.00. The van der Waals surface area contributed by atoms with Gasteiger partial charge in [0.05, 0.1) is 7.11 Å². The van der Waals surface area contributed by atoms with Gasteiger partial charge in [0.2, 0.25) is 5.91 Å². The third-order valence-corrected chi connectivity index (χ3v) is 6.76. The van der Waals surface area contributed by atoms with Crippen LogP contribution in [-0.4, -0.2) is 37.3 Å². The van der Waals surface area contributed by atoms with E-state index in [2.05, 4.69) is 46.8 Å². The predicted molar refractivity (Wildman–Crippen MR) is 133 cm³/mol. The van der Waals surface area contributed by atoms with Gasteiger partial charge < -0.3 is 10.1 Å². The van der Waals surface area contributed by atoms with E-state index in [0.29, 0.717) is 0 Å². The van der Waals surface area contributed by atoms with Gasteiger partial charge in [-0.25, -0.2) is 0 Å². The Morgan fingerprint density at radius 2 is 1.72 bits per heavy atom. The summed E-state index contributed by atoms with van der Waals surface area (Å²) in [5, 5.41) is 3.14. The monoisotopic (exact) mass is 446 g/mol. The number of carbonyl (C=O) groups excluding carboxylic acids is 1. The van der Waals surface area contributed by atoms with Crippen molar-refractivity contribution in [1.29, 1.82) is 0 Å². The van der Waals surface area contributed by atoms with Crippen LogP contribution >= 0.6 is 11.8 Å². The number of hydrogen-bond donors (Lipinski definition) is 1. The highest BCUT2D eigenvalue weighted by molar-refractivity contribution is 7.98. The van der Waals surface area contributed by atoms with Crippen LogP contribution in [0.1, 0.15) is 18.4 Å². The molecule has 1 N–H and O–H groups in total. The van der Waals surface area contributed by atoms with Crippen LogP contribution in [0.3, 0.4) is 0 Å². The lowest BCUT2D eigenvalue weighted by Gasteiger charge is -2.31. The van der Waals surface area contributed by atoms with E-state index in [-0.39, 0.29) is 11.8 Å². The highest BCUT2D eigenvalue weighted by atomic mass is 32.2. The normalized spacial score (nSPS) is 14.8. The Balaban J connectivity index is 1.33. The summed E-state index contributed by atoms with van der Waals surface area (Å²) in [7, 11) is 1.67. The molecule has 0 radical (unpaired) electrons. The van der Waals surface area contributed by atoms with Crippen LogP contribution < -0.4 is 10.1 Å². The number of amides is 1. The molecule has 1 fully saturated rings. The van der Waals surface area contributed by atoms with E-state index in [4.69, 9.17) is 4.74 Å². The number of benzene rings is 3. The molecule has 3 aromatic rings. The Kier molecular flexibility index (Phi) is 7.51. The molecule has 4 nitrogen and oxygen atoms in total. The number of carbonyl (C=O) groups is 1. The van der Waals surface area contributed by atoms with Crippen molar-refractivity contribution in [2.24, 2.45) is 5.92 Å². The SMILES string of the molecule is COc1cccc(-c2cccc(NC(=O)C3CCN(Cc4cccc(SC)c4)CC3)c2)c1. The van der Waals surface area contributed by atoms with Gasteiger partial charge in [-0.3, -0.25) is 9.69 Å². The second-order valence-corrected chi connectivity index (χ2v) is 9.08. The van der Waals surface area contributed by atoms with Gasteiger partial charge in [0, 0.05) is 23.0 Å². The van der Waals surface area contributed by atoms with Gasteiger partial charge in [-0.2, -0.15) is 0 Å². The van der Waals surface area contributed by atoms with Gasteiger partial charge in [0.1, 0.15) is 5.75 Å². The first-order valence-corrected chi connectivity index (χ1v) is 12.3. The van der Waals surface area contributed by atoms with E-state index in [1.807, 2.05) is 42.5 Å². The fraction of sp³-hybridized carbons (Fsp3) is 0.296. The standard InChI is InChI=1S/C27H30N2O2S/c1-31-25-10-5-8-23(18-25)22-7-4-9-24(17-22)28-27(30)21-12-14-29(15-13-21)19-20-6-3-11-26(16-20)32-2/h3-11,16-18,21H,12-15,19H2,1-2H3,(H,28,30). The third-order valence-electron chi connectivity index (χ3n) is 6.03. The Morgan fingerprint density at radius 1 is 1.00 bits per heavy atom. The van der Waals surface area contributed by atoms with Crippen LogP contribution in [0.4, 0.5) is 5.69 Å². The van der Waals surface area contributed by atoms with Crippen LogP contribution in [0.15, 0.2) is 77.7 Å². The molecule has 1 aliphatic heterocycles. The van der Waals surface area contributed by atoms with E-state index >= 15 is 0 Å². The minimum atomic E-state index is 0.0595. The topological polar surface area (TPSA) is 41.6 Å². The van der Waals surface area contributed by atoms with Crippen LogP contribution in [0.5, 0.6) is 5.75 Å². The third kappa shape index (κ3) is 5.72. The molecule has 5 heteroatoms. The Morgan fingerprint density at radius 3 is 2.47 bits per heavy atom. The Bertz CT molecular complexity index is 1060. The van der Waals surface area contributed by atoms with Crippen LogP contribution in [-0.2, 0) is 11.3 Å². The van der Waals surface area contributed by atoms with E-state index in [9.17, 15) is 4.79 Å². The highest BCUT2D eigenvalue weighted by Crippen LogP contribution is 2.27. The zero-order valence-corrected chi connectivity index (χ0v) is 19.5. The predicted octanol–water partition coefficient (Wildman–Crippen LogP) is 5.93. The zero-order chi connectivity index (χ0) is 22.3. The van der Waals surface area contributed by atoms with E-state index in [1.165, 1.54) is 10.5 Å². The van der Waals surface area contributed by atoms with E-state index in [1.54, 1.807) is 18.9 Å². The fourth-order valence-electron chi connectivity index (χ4n) is 4.21. The second kappa shape index (κ2) is 10.7. The molecule has 1 saturated heterocycles. The van der Waals surface area contributed by atoms with E-state index in [0.717, 1.165) is 55.0 Å². The van der Waals surface area contributed by atoms with Crippen LogP contribution in [0.25, 0.3) is 11.1 Å². The summed E-state index contributed by atoms with van der Waals surface area (Å²) in [6.45, 7) is 2.85. The Labute approximate surface area is 195 Å². The molecule has 0 aromatic heterocycles. The molecule has 32 heavy (non-hydrogen) atoms. The van der Waals surface area contributed by atoms with Gasteiger partial charge in [0.25, 0.3) is 0 Å². The highest BCUT2D eigenvalue weighted by Gasteiger charge is 2.25. The lowest BCUT2D eigenvalue weighted by molar-refractivity contribution is -0.121. The average molecular weight is 447 g/mol. The molecule has 4 rings (SSSR count). The molecule has 1 aliphatic rings. The Hall–Kier alpha value is -2.76. The summed E-state index contributed by atoms with van der Waals surface area (Å²) in [6.07, 6.45) is 3.89. The fourth-order valence-corrected chi connectivity index (χ4v) is 4.69. The molecule has 0 aliphatic carbocycles. The second-order valence-electron chi connectivity index (χ2n) is 8.20.